The molecule has 0 aliphatic heterocycles. The zero-order chi connectivity index (χ0) is 21.8. The van der Waals surface area contributed by atoms with E-state index in [1.54, 1.807) is 11.7 Å². The minimum Gasteiger partial charge on any atom is -0.315 e. The SMILES string of the molecule is CCCN(CC(=O)Nc1cc(C(C)(C)C)nn1C)C(=O)Nc1ccc(F)c(Cl)c1. The summed E-state index contributed by atoms with van der Waals surface area (Å²) < 4.78 is 14.9. The van der Waals surface area contributed by atoms with Crippen LogP contribution in [0.5, 0.6) is 0 Å². The molecule has 7 nitrogen and oxygen atoms in total. The summed E-state index contributed by atoms with van der Waals surface area (Å²) in [6.07, 6.45) is 0.671. The quantitative estimate of drug-likeness (QED) is 0.723. The maximum atomic E-state index is 13.3. The molecule has 1 aromatic carbocycles. The molecule has 0 atom stereocenters. The molecule has 0 bridgehead atoms. The van der Waals surface area contributed by atoms with Crippen molar-refractivity contribution < 1.29 is 14.0 Å². The lowest BCUT2D eigenvalue weighted by atomic mass is 9.92. The van der Waals surface area contributed by atoms with Crippen LogP contribution in [0.15, 0.2) is 24.3 Å². The van der Waals surface area contributed by atoms with Gasteiger partial charge in [0.25, 0.3) is 0 Å². The van der Waals surface area contributed by atoms with E-state index in [0.29, 0.717) is 24.5 Å². The highest BCUT2D eigenvalue weighted by Crippen LogP contribution is 2.23. The van der Waals surface area contributed by atoms with Gasteiger partial charge in [0, 0.05) is 30.8 Å². The third-order valence-electron chi connectivity index (χ3n) is 4.20. The molecule has 3 amide bonds. The van der Waals surface area contributed by atoms with Crippen LogP contribution in [0.2, 0.25) is 5.02 Å². The number of benzene rings is 1. The molecule has 2 rings (SSSR count). The van der Waals surface area contributed by atoms with Crippen LogP contribution < -0.4 is 10.6 Å². The molecule has 0 saturated heterocycles. The number of anilines is 2. The molecule has 2 aromatic rings. The van der Waals surface area contributed by atoms with Crippen molar-refractivity contribution in [3.8, 4) is 0 Å². The van der Waals surface area contributed by atoms with Gasteiger partial charge in [-0.15, -0.1) is 0 Å². The predicted octanol–water partition coefficient (Wildman–Crippen LogP) is 4.39. The highest BCUT2D eigenvalue weighted by Gasteiger charge is 2.21. The molecule has 9 heteroatoms. The van der Waals surface area contributed by atoms with Gasteiger partial charge < -0.3 is 15.5 Å². The summed E-state index contributed by atoms with van der Waals surface area (Å²) in [6.45, 7) is 8.27. The first kappa shape index (κ1) is 22.7. The summed E-state index contributed by atoms with van der Waals surface area (Å²) in [5, 5.41) is 9.77. The standard InChI is InChI=1S/C20H27ClFN5O2/c1-6-9-27(19(29)23-13-7-8-15(22)14(21)10-13)12-18(28)24-17-11-16(20(2,3)4)25-26(17)5/h7-8,10-11H,6,9,12H2,1-5H3,(H,23,29)(H,24,28). The molecule has 0 unspecified atom stereocenters. The maximum absolute atomic E-state index is 13.3. The number of carbonyl (C=O) groups excluding carboxylic acids is 2. The van der Waals surface area contributed by atoms with Crippen molar-refractivity contribution >= 4 is 35.0 Å². The molecular formula is C20H27ClFN5O2. The van der Waals surface area contributed by atoms with E-state index in [0.717, 1.165) is 5.69 Å². The van der Waals surface area contributed by atoms with E-state index >= 15 is 0 Å². The second kappa shape index (κ2) is 9.26. The van der Waals surface area contributed by atoms with Gasteiger partial charge in [-0.05, 0) is 24.6 Å². The lowest BCUT2D eigenvalue weighted by molar-refractivity contribution is -0.116. The van der Waals surface area contributed by atoms with Gasteiger partial charge in [-0.1, -0.05) is 39.3 Å². The molecule has 2 N–H and O–H groups in total. The number of amides is 3. The average Bonchev–Trinajstić information content (AvgIpc) is 2.98. The fraction of sp³-hybridized carbons (Fsp3) is 0.450. The average molecular weight is 424 g/mol. The van der Waals surface area contributed by atoms with Crippen molar-refractivity contribution in [3.05, 3.63) is 40.8 Å². The van der Waals surface area contributed by atoms with Gasteiger partial charge in [0.2, 0.25) is 5.91 Å². The Balaban J connectivity index is 2.05. The van der Waals surface area contributed by atoms with Gasteiger partial charge in [-0.25, -0.2) is 9.18 Å². The topological polar surface area (TPSA) is 79.3 Å². The normalized spacial score (nSPS) is 11.3. The van der Waals surface area contributed by atoms with Gasteiger partial charge in [-0.3, -0.25) is 9.48 Å². The summed E-state index contributed by atoms with van der Waals surface area (Å²) in [5.41, 5.74) is 1.06. The van der Waals surface area contributed by atoms with Crippen molar-refractivity contribution in [2.45, 2.75) is 39.5 Å². The Morgan fingerprint density at radius 1 is 1.24 bits per heavy atom. The van der Waals surface area contributed by atoms with Crippen molar-refractivity contribution in [1.82, 2.24) is 14.7 Å². The number of halogens is 2. The number of rotatable bonds is 6. The number of urea groups is 1. The molecule has 158 valence electrons. The van der Waals surface area contributed by atoms with Gasteiger partial charge in [0.1, 0.15) is 18.2 Å². The van der Waals surface area contributed by atoms with Crippen molar-refractivity contribution in [2.24, 2.45) is 7.05 Å². The van der Waals surface area contributed by atoms with Crippen molar-refractivity contribution in [2.75, 3.05) is 23.7 Å². The zero-order valence-electron chi connectivity index (χ0n) is 17.3. The Bertz CT molecular complexity index is 891. The third-order valence-corrected chi connectivity index (χ3v) is 4.49. The van der Waals surface area contributed by atoms with Gasteiger partial charge in [0.05, 0.1) is 10.7 Å². The minimum atomic E-state index is -0.569. The first-order chi connectivity index (χ1) is 13.5. The summed E-state index contributed by atoms with van der Waals surface area (Å²) in [5.74, 6) is -0.350. The summed E-state index contributed by atoms with van der Waals surface area (Å²) in [4.78, 5) is 26.5. The van der Waals surface area contributed by atoms with Gasteiger partial charge in [-0.2, -0.15) is 5.10 Å². The lowest BCUT2D eigenvalue weighted by Crippen LogP contribution is -2.41. The van der Waals surface area contributed by atoms with E-state index in [1.807, 2.05) is 33.8 Å². The molecule has 0 fully saturated rings. The van der Waals surface area contributed by atoms with E-state index < -0.39 is 11.8 Å². The van der Waals surface area contributed by atoms with E-state index in [9.17, 15) is 14.0 Å². The minimum absolute atomic E-state index is 0.0894. The first-order valence-electron chi connectivity index (χ1n) is 9.36. The van der Waals surface area contributed by atoms with E-state index in [1.165, 1.54) is 23.1 Å². The molecule has 0 radical (unpaired) electrons. The van der Waals surface area contributed by atoms with Crippen LogP contribution in [-0.2, 0) is 17.3 Å². The van der Waals surface area contributed by atoms with E-state index in [4.69, 9.17) is 11.6 Å². The largest absolute Gasteiger partial charge is 0.322 e. The fourth-order valence-corrected chi connectivity index (χ4v) is 2.79. The summed E-state index contributed by atoms with van der Waals surface area (Å²) in [6, 6.07) is 5.26. The Kier molecular flexibility index (Phi) is 7.24. The molecule has 1 heterocycles. The third kappa shape index (κ3) is 6.19. The molecule has 0 aliphatic rings. The van der Waals surface area contributed by atoms with Crippen molar-refractivity contribution in [1.29, 1.82) is 0 Å². The van der Waals surface area contributed by atoms with E-state index in [-0.39, 0.29) is 22.9 Å². The molecular weight excluding hydrogens is 397 g/mol. The van der Waals surface area contributed by atoms with Crippen LogP contribution in [-0.4, -0.2) is 39.7 Å². The number of carbonyl (C=O) groups is 2. The van der Waals surface area contributed by atoms with Gasteiger partial charge >= 0.3 is 6.03 Å². The number of hydrogen-bond acceptors (Lipinski definition) is 3. The highest BCUT2D eigenvalue weighted by atomic mass is 35.5. The fourth-order valence-electron chi connectivity index (χ4n) is 2.61. The molecule has 29 heavy (non-hydrogen) atoms. The number of nitrogens with one attached hydrogen (secondary N) is 2. The van der Waals surface area contributed by atoms with Crippen LogP contribution in [0, 0.1) is 5.82 Å². The molecule has 0 aliphatic carbocycles. The first-order valence-corrected chi connectivity index (χ1v) is 9.74. The molecule has 0 saturated carbocycles. The molecule has 1 aromatic heterocycles. The zero-order valence-corrected chi connectivity index (χ0v) is 18.1. The summed E-state index contributed by atoms with van der Waals surface area (Å²) in [7, 11) is 1.75. The highest BCUT2D eigenvalue weighted by molar-refractivity contribution is 6.31. The number of aryl methyl sites for hydroxylation is 1. The lowest BCUT2D eigenvalue weighted by Gasteiger charge is -2.22. The van der Waals surface area contributed by atoms with Crippen LogP contribution in [0.3, 0.4) is 0 Å². The van der Waals surface area contributed by atoms with Crippen LogP contribution in [0.1, 0.15) is 39.8 Å². The Morgan fingerprint density at radius 2 is 1.93 bits per heavy atom. The summed E-state index contributed by atoms with van der Waals surface area (Å²) >= 11 is 5.75. The smallest absolute Gasteiger partial charge is 0.315 e. The van der Waals surface area contributed by atoms with Crippen LogP contribution in [0.25, 0.3) is 0 Å². The number of nitrogens with zero attached hydrogens (tertiary/aromatic N) is 3. The Hall–Kier alpha value is -2.61. The number of aromatic nitrogens is 2. The maximum Gasteiger partial charge on any atom is 0.322 e. The predicted molar refractivity (Wildman–Crippen MR) is 113 cm³/mol. The second-order valence-electron chi connectivity index (χ2n) is 7.82. The van der Waals surface area contributed by atoms with Gasteiger partial charge in [0.15, 0.2) is 0 Å². The number of hydrogen-bond donors (Lipinski definition) is 2. The second-order valence-corrected chi connectivity index (χ2v) is 8.22. The molecule has 0 spiro atoms. The Morgan fingerprint density at radius 3 is 2.48 bits per heavy atom. The monoisotopic (exact) mass is 423 g/mol. The van der Waals surface area contributed by atoms with Crippen LogP contribution in [0.4, 0.5) is 20.7 Å². The van der Waals surface area contributed by atoms with Crippen LogP contribution >= 0.6 is 11.6 Å². The Labute approximate surface area is 175 Å². The van der Waals surface area contributed by atoms with Crippen molar-refractivity contribution in [3.63, 3.8) is 0 Å². The van der Waals surface area contributed by atoms with E-state index in [2.05, 4.69) is 15.7 Å².